The molecule has 0 aliphatic heterocycles. The van der Waals surface area contributed by atoms with Gasteiger partial charge in [0.2, 0.25) is 0 Å². The molecule has 0 atom stereocenters. The van der Waals surface area contributed by atoms with Gasteiger partial charge in [-0.3, -0.25) is 4.53 Å². The molecule has 0 heterocycles. The van der Waals surface area contributed by atoms with Crippen molar-refractivity contribution in [1.29, 1.82) is 0 Å². The van der Waals surface area contributed by atoms with Gasteiger partial charge in [-0.25, -0.2) is 0 Å². The lowest BCUT2D eigenvalue weighted by molar-refractivity contribution is -0.158. The number of hydrogen-bond acceptors (Lipinski definition) is 5. The predicted octanol–water partition coefficient (Wildman–Crippen LogP) is 1.80. The second-order valence-corrected chi connectivity index (χ2v) is 5.05. The lowest BCUT2D eigenvalue weighted by atomic mass is 10.6. The summed E-state index contributed by atoms with van der Waals surface area (Å²) in [4.78, 5) is 0. The quantitative estimate of drug-likeness (QED) is 0.437. The van der Waals surface area contributed by atoms with E-state index in [1.165, 1.54) is 0 Å². The van der Waals surface area contributed by atoms with Gasteiger partial charge in [-0.2, -0.15) is 5.06 Å². The number of rotatable bonds is 10. The summed E-state index contributed by atoms with van der Waals surface area (Å²) in [5, 5.41) is 1.80. The molecule has 0 amide bonds. The van der Waals surface area contributed by atoms with Crippen molar-refractivity contribution in [3.63, 3.8) is 0 Å². The second-order valence-electron chi connectivity index (χ2n) is 3.00. The third-order valence-electron chi connectivity index (χ3n) is 1.91. The Balaban J connectivity index is 4.56. The molecule has 98 valence electrons. The van der Waals surface area contributed by atoms with Gasteiger partial charge in [0.05, 0.1) is 0 Å². The van der Waals surface area contributed by atoms with E-state index in [4.69, 9.17) is 17.8 Å². The molecule has 0 radical (unpaired) electrons. The minimum absolute atomic E-state index is 0.521. The highest BCUT2D eigenvalue weighted by molar-refractivity contribution is 6.53. The van der Waals surface area contributed by atoms with Gasteiger partial charge in [0, 0.05) is 32.9 Å². The number of nitrogens with zero attached hydrogens (tertiary/aromatic N) is 1. The molecule has 0 aromatic carbocycles. The van der Waals surface area contributed by atoms with Gasteiger partial charge < -0.3 is 13.3 Å². The molecule has 0 aromatic heterocycles. The van der Waals surface area contributed by atoms with Crippen molar-refractivity contribution in [2.75, 3.05) is 32.9 Å². The maximum absolute atomic E-state index is 5.76. The van der Waals surface area contributed by atoms with Gasteiger partial charge >= 0.3 is 9.05 Å². The Bertz CT molecular complexity index is 150. The molecule has 16 heavy (non-hydrogen) atoms. The van der Waals surface area contributed by atoms with Crippen LogP contribution < -0.4 is 0 Å². The first kappa shape index (κ1) is 16.0. The van der Waals surface area contributed by atoms with E-state index in [0.717, 1.165) is 13.1 Å². The Labute approximate surface area is 100 Å². The van der Waals surface area contributed by atoms with Crippen molar-refractivity contribution in [2.24, 2.45) is 0 Å². The summed E-state index contributed by atoms with van der Waals surface area (Å²) in [6, 6.07) is 0. The molecule has 0 N–H and O–H groups in total. The van der Waals surface area contributed by atoms with Crippen LogP contribution in [0.4, 0.5) is 0 Å². The standard InChI is InChI=1S/C10H25NO4Si/c1-6-11(7-2)15-16(12-8-3,13-9-4)14-10-5/h6-10H2,1-5H3. The predicted molar refractivity (Wildman–Crippen MR) is 64.6 cm³/mol. The number of hydroxylamine groups is 2. The minimum Gasteiger partial charge on any atom is -0.351 e. The Morgan fingerprint density at radius 1 is 0.750 bits per heavy atom. The lowest BCUT2D eigenvalue weighted by Crippen LogP contribution is -2.53. The van der Waals surface area contributed by atoms with E-state index in [-0.39, 0.29) is 0 Å². The highest BCUT2D eigenvalue weighted by Gasteiger charge is 2.47. The highest BCUT2D eigenvalue weighted by Crippen LogP contribution is 2.14. The van der Waals surface area contributed by atoms with E-state index in [9.17, 15) is 0 Å². The molecule has 0 aromatic rings. The molecule has 5 nitrogen and oxygen atoms in total. The van der Waals surface area contributed by atoms with Crippen molar-refractivity contribution in [3.8, 4) is 0 Å². The smallest absolute Gasteiger partial charge is 0.351 e. The maximum Gasteiger partial charge on any atom is 0.697 e. The maximum atomic E-state index is 5.76. The average Bonchev–Trinajstić information content (AvgIpc) is 2.27. The van der Waals surface area contributed by atoms with Crippen LogP contribution in [0.5, 0.6) is 0 Å². The van der Waals surface area contributed by atoms with Gasteiger partial charge in [-0.05, 0) is 20.8 Å². The lowest BCUT2D eigenvalue weighted by Gasteiger charge is -2.31. The van der Waals surface area contributed by atoms with Crippen LogP contribution in [-0.2, 0) is 17.8 Å². The van der Waals surface area contributed by atoms with Crippen LogP contribution in [0.2, 0.25) is 0 Å². The van der Waals surface area contributed by atoms with Crippen molar-refractivity contribution >= 4 is 9.05 Å². The normalized spacial score (nSPS) is 12.4. The zero-order valence-corrected chi connectivity index (χ0v) is 12.1. The largest absolute Gasteiger partial charge is 0.697 e. The van der Waals surface area contributed by atoms with Gasteiger partial charge in [0.15, 0.2) is 0 Å². The van der Waals surface area contributed by atoms with Gasteiger partial charge in [-0.1, -0.05) is 13.8 Å². The van der Waals surface area contributed by atoms with Crippen LogP contribution in [0.1, 0.15) is 34.6 Å². The molecule has 0 fully saturated rings. The molecule has 0 saturated heterocycles. The Morgan fingerprint density at radius 3 is 1.38 bits per heavy atom. The minimum atomic E-state index is -2.97. The summed E-state index contributed by atoms with van der Waals surface area (Å²) in [6.07, 6.45) is 0. The molecule has 0 bridgehead atoms. The first-order valence-corrected chi connectivity index (χ1v) is 7.67. The fourth-order valence-corrected chi connectivity index (χ4v) is 3.29. The Hall–Kier alpha value is 0.0169. The van der Waals surface area contributed by atoms with E-state index in [1.807, 2.05) is 34.6 Å². The van der Waals surface area contributed by atoms with E-state index < -0.39 is 9.05 Å². The monoisotopic (exact) mass is 251 g/mol. The summed E-state index contributed by atoms with van der Waals surface area (Å²) in [6.45, 7) is 12.9. The SMILES string of the molecule is CCO[Si](OCC)(OCC)ON(CC)CC. The first-order chi connectivity index (χ1) is 7.67. The molecule has 0 rings (SSSR count). The highest BCUT2D eigenvalue weighted by atomic mass is 28.4. The topological polar surface area (TPSA) is 40.2 Å². The Kier molecular flexibility index (Phi) is 9.10. The van der Waals surface area contributed by atoms with Crippen molar-refractivity contribution < 1.29 is 17.8 Å². The van der Waals surface area contributed by atoms with Crippen molar-refractivity contribution in [3.05, 3.63) is 0 Å². The fraction of sp³-hybridized carbons (Fsp3) is 1.00. The summed E-state index contributed by atoms with van der Waals surface area (Å²) < 4.78 is 22.5. The van der Waals surface area contributed by atoms with Crippen LogP contribution >= 0.6 is 0 Å². The van der Waals surface area contributed by atoms with E-state index in [1.54, 1.807) is 5.06 Å². The van der Waals surface area contributed by atoms with Crippen LogP contribution in [-0.4, -0.2) is 47.0 Å². The third-order valence-corrected chi connectivity index (χ3v) is 4.32. The van der Waals surface area contributed by atoms with Gasteiger partial charge in [-0.15, -0.1) is 0 Å². The van der Waals surface area contributed by atoms with Gasteiger partial charge in [0.25, 0.3) is 0 Å². The first-order valence-electron chi connectivity index (χ1n) is 6.03. The van der Waals surface area contributed by atoms with Crippen LogP contribution in [0.3, 0.4) is 0 Å². The van der Waals surface area contributed by atoms with Gasteiger partial charge in [0.1, 0.15) is 0 Å². The molecule has 0 spiro atoms. The average molecular weight is 251 g/mol. The zero-order valence-electron chi connectivity index (χ0n) is 11.1. The second kappa shape index (κ2) is 9.09. The summed E-state index contributed by atoms with van der Waals surface area (Å²) in [7, 11) is -2.97. The molecule has 0 saturated carbocycles. The van der Waals surface area contributed by atoms with Crippen LogP contribution in [0.15, 0.2) is 0 Å². The van der Waals surface area contributed by atoms with Crippen LogP contribution in [0.25, 0.3) is 0 Å². The molecule has 6 heteroatoms. The Morgan fingerprint density at radius 2 is 1.12 bits per heavy atom. The van der Waals surface area contributed by atoms with Crippen molar-refractivity contribution in [2.45, 2.75) is 34.6 Å². The zero-order chi connectivity index (χ0) is 12.4. The van der Waals surface area contributed by atoms with E-state index >= 15 is 0 Å². The molecular weight excluding hydrogens is 226 g/mol. The number of hydrogen-bond donors (Lipinski definition) is 0. The van der Waals surface area contributed by atoms with Crippen molar-refractivity contribution in [1.82, 2.24) is 5.06 Å². The third kappa shape index (κ3) is 5.38. The summed E-state index contributed by atoms with van der Waals surface area (Å²) in [5.74, 6) is 0. The molecular formula is C10H25NO4Si. The molecule has 0 aliphatic carbocycles. The van der Waals surface area contributed by atoms with Crippen LogP contribution in [0, 0.1) is 0 Å². The van der Waals surface area contributed by atoms with E-state index in [0.29, 0.717) is 19.8 Å². The summed E-state index contributed by atoms with van der Waals surface area (Å²) >= 11 is 0. The fourth-order valence-electron chi connectivity index (χ4n) is 1.25. The summed E-state index contributed by atoms with van der Waals surface area (Å²) in [5.41, 5.74) is 0. The molecule has 0 aliphatic rings. The van der Waals surface area contributed by atoms with E-state index in [2.05, 4.69) is 0 Å². The molecule has 0 unspecified atom stereocenters.